The van der Waals surface area contributed by atoms with Gasteiger partial charge in [0.1, 0.15) is 12.4 Å². The fourth-order valence-corrected chi connectivity index (χ4v) is 1.62. The topological polar surface area (TPSA) is 44.2 Å². The standard InChI is InChI=1S/C14H15ClN2O2/c1-3-18-14-6-13(10(2)7-17-14)19-9-12-5-4-11(15)8-16-12/h4-8H,3,9H2,1-2H3. The molecule has 0 atom stereocenters. The number of nitrogens with zero attached hydrogens (tertiary/aromatic N) is 2. The Morgan fingerprint density at radius 1 is 1.16 bits per heavy atom. The largest absolute Gasteiger partial charge is 0.487 e. The molecule has 0 amide bonds. The highest BCUT2D eigenvalue weighted by atomic mass is 35.5. The fraction of sp³-hybridized carbons (Fsp3) is 0.286. The summed E-state index contributed by atoms with van der Waals surface area (Å²) in [6, 6.07) is 5.41. The van der Waals surface area contributed by atoms with Gasteiger partial charge in [-0.25, -0.2) is 4.98 Å². The van der Waals surface area contributed by atoms with Crippen LogP contribution in [0.5, 0.6) is 11.6 Å². The molecule has 0 N–H and O–H groups in total. The third kappa shape index (κ3) is 3.83. The molecule has 2 rings (SSSR count). The Balaban J connectivity index is 2.05. The van der Waals surface area contributed by atoms with Crippen LogP contribution in [0.15, 0.2) is 30.6 Å². The van der Waals surface area contributed by atoms with E-state index in [0.29, 0.717) is 24.1 Å². The van der Waals surface area contributed by atoms with E-state index in [4.69, 9.17) is 21.1 Å². The van der Waals surface area contributed by atoms with Crippen molar-refractivity contribution < 1.29 is 9.47 Å². The maximum absolute atomic E-state index is 5.78. The molecule has 0 aliphatic carbocycles. The Bertz CT molecular complexity index is 544. The van der Waals surface area contributed by atoms with E-state index in [2.05, 4.69) is 9.97 Å². The second kappa shape index (κ2) is 6.38. The summed E-state index contributed by atoms with van der Waals surface area (Å²) in [6.07, 6.45) is 3.33. The maximum atomic E-state index is 5.78. The van der Waals surface area contributed by atoms with Crippen LogP contribution < -0.4 is 9.47 Å². The van der Waals surface area contributed by atoms with E-state index in [1.807, 2.05) is 19.9 Å². The van der Waals surface area contributed by atoms with Crippen LogP contribution in [0.1, 0.15) is 18.2 Å². The Morgan fingerprint density at radius 3 is 2.68 bits per heavy atom. The molecular formula is C14H15ClN2O2. The van der Waals surface area contributed by atoms with Crippen molar-refractivity contribution in [3.8, 4) is 11.6 Å². The van der Waals surface area contributed by atoms with Crippen molar-refractivity contribution in [2.24, 2.45) is 0 Å². The maximum Gasteiger partial charge on any atom is 0.216 e. The lowest BCUT2D eigenvalue weighted by Gasteiger charge is -2.10. The summed E-state index contributed by atoms with van der Waals surface area (Å²) in [6.45, 7) is 4.81. The summed E-state index contributed by atoms with van der Waals surface area (Å²) in [5, 5.41) is 0.613. The summed E-state index contributed by atoms with van der Waals surface area (Å²) < 4.78 is 11.1. The Hall–Kier alpha value is -1.81. The van der Waals surface area contributed by atoms with Gasteiger partial charge in [-0.2, -0.15) is 0 Å². The smallest absolute Gasteiger partial charge is 0.216 e. The molecule has 0 fully saturated rings. The van der Waals surface area contributed by atoms with Crippen molar-refractivity contribution in [2.45, 2.75) is 20.5 Å². The quantitative estimate of drug-likeness (QED) is 0.841. The van der Waals surface area contributed by atoms with E-state index in [-0.39, 0.29) is 0 Å². The number of halogens is 1. The molecule has 0 aliphatic heterocycles. The number of ether oxygens (including phenoxy) is 2. The predicted molar refractivity (Wildman–Crippen MR) is 73.7 cm³/mol. The van der Waals surface area contributed by atoms with Crippen molar-refractivity contribution in [2.75, 3.05) is 6.61 Å². The fourth-order valence-electron chi connectivity index (χ4n) is 1.51. The summed E-state index contributed by atoms with van der Waals surface area (Å²) in [5.74, 6) is 1.31. The van der Waals surface area contributed by atoms with Gasteiger partial charge in [-0.1, -0.05) is 11.6 Å². The molecule has 0 radical (unpaired) electrons. The van der Waals surface area contributed by atoms with E-state index in [0.717, 1.165) is 17.0 Å². The zero-order valence-corrected chi connectivity index (χ0v) is 11.6. The minimum atomic E-state index is 0.383. The number of aryl methyl sites for hydroxylation is 1. The molecule has 100 valence electrons. The van der Waals surface area contributed by atoms with Crippen molar-refractivity contribution in [1.29, 1.82) is 0 Å². The highest BCUT2D eigenvalue weighted by Crippen LogP contribution is 2.22. The third-order valence-corrected chi connectivity index (χ3v) is 2.71. The zero-order valence-electron chi connectivity index (χ0n) is 10.9. The molecule has 0 aromatic carbocycles. The second-order valence-electron chi connectivity index (χ2n) is 3.98. The first-order chi connectivity index (χ1) is 9.19. The van der Waals surface area contributed by atoms with Crippen LogP contribution in [-0.2, 0) is 6.61 Å². The first kappa shape index (κ1) is 13.6. The first-order valence-corrected chi connectivity index (χ1v) is 6.39. The molecule has 4 nitrogen and oxygen atoms in total. The monoisotopic (exact) mass is 278 g/mol. The molecule has 2 aromatic heterocycles. The van der Waals surface area contributed by atoms with Crippen molar-refractivity contribution >= 4 is 11.6 Å². The molecule has 19 heavy (non-hydrogen) atoms. The van der Waals surface area contributed by atoms with Crippen LogP contribution in [-0.4, -0.2) is 16.6 Å². The molecule has 0 saturated carbocycles. The van der Waals surface area contributed by atoms with Crippen LogP contribution in [0.3, 0.4) is 0 Å². The van der Waals surface area contributed by atoms with Gasteiger partial charge in [0, 0.05) is 24.0 Å². The van der Waals surface area contributed by atoms with E-state index in [1.165, 1.54) is 0 Å². The molecule has 0 bridgehead atoms. The van der Waals surface area contributed by atoms with E-state index < -0.39 is 0 Å². The van der Waals surface area contributed by atoms with Crippen molar-refractivity contribution in [1.82, 2.24) is 9.97 Å². The Labute approximate surface area is 117 Å². The van der Waals surface area contributed by atoms with Gasteiger partial charge in [0.15, 0.2) is 0 Å². The van der Waals surface area contributed by atoms with E-state index in [9.17, 15) is 0 Å². The van der Waals surface area contributed by atoms with Crippen LogP contribution in [0.2, 0.25) is 5.02 Å². The lowest BCUT2D eigenvalue weighted by Crippen LogP contribution is -2.01. The van der Waals surface area contributed by atoms with Crippen LogP contribution in [0.25, 0.3) is 0 Å². The van der Waals surface area contributed by atoms with Gasteiger partial charge in [-0.3, -0.25) is 4.98 Å². The van der Waals surface area contributed by atoms with Gasteiger partial charge in [0.2, 0.25) is 5.88 Å². The highest BCUT2D eigenvalue weighted by Gasteiger charge is 2.04. The molecule has 5 heteroatoms. The third-order valence-electron chi connectivity index (χ3n) is 2.49. The SMILES string of the molecule is CCOc1cc(OCc2ccc(Cl)cn2)c(C)cn1. The number of rotatable bonds is 5. The molecule has 2 aromatic rings. The van der Waals surface area contributed by atoms with Gasteiger partial charge >= 0.3 is 0 Å². The highest BCUT2D eigenvalue weighted by molar-refractivity contribution is 6.30. The second-order valence-corrected chi connectivity index (χ2v) is 4.41. The molecular weight excluding hydrogens is 264 g/mol. The number of pyridine rings is 2. The van der Waals surface area contributed by atoms with Crippen molar-refractivity contribution in [3.63, 3.8) is 0 Å². The lowest BCUT2D eigenvalue weighted by molar-refractivity contribution is 0.290. The predicted octanol–water partition coefficient (Wildman–Crippen LogP) is 3.42. The van der Waals surface area contributed by atoms with Gasteiger partial charge in [-0.05, 0) is 26.0 Å². The average Bonchev–Trinajstić information content (AvgIpc) is 2.41. The minimum Gasteiger partial charge on any atom is -0.487 e. The number of hydrogen-bond donors (Lipinski definition) is 0. The summed E-state index contributed by atoms with van der Waals surface area (Å²) >= 11 is 5.78. The molecule has 0 spiro atoms. The van der Waals surface area contributed by atoms with Gasteiger partial charge < -0.3 is 9.47 Å². The summed E-state index contributed by atoms with van der Waals surface area (Å²) in [7, 11) is 0. The molecule has 0 unspecified atom stereocenters. The van der Waals surface area contributed by atoms with Crippen LogP contribution >= 0.6 is 11.6 Å². The normalized spacial score (nSPS) is 10.3. The number of aromatic nitrogens is 2. The molecule has 2 heterocycles. The van der Waals surface area contributed by atoms with Gasteiger partial charge in [-0.15, -0.1) is 0 Å². The lowest BCUT2D eigenvalue weighted by atomic mass is 10.3. The molecule has 0 saturated heterocycles. The number of hydrogen-bond acceptors (Lipinski definition) is 4. The van der Waals surface area contributed by atoms with E-state index >= 15 is 0 Å². The minimum absolute atomic E-state index is 0.383. The summed E-state index contributed by atoms with van der Waals surface area (Å²) in [4.78, 5) is 8.34. The Kier molecular flexibility index (Phi) is 4.58. The summed E-state index contributed by atoms with van der Waals surface area (Å²) in [5.41, 5.74) is 1.77. The van der Waals surface area contributed by atoms with Gasteiger partial charge in [0.25, 0.3) is 0 Å². The van der Waals surface area contributed by atoms with Crippen LogP contribution in [0, 0.1) is 6.92 Å². The van der Waals surface area contributed by atoms with Crippen molar-refractivity contribution in [3.05, 3.63) is 46.9 Å². The molecule has 0 aliphatic rings. The first-order valence-electron chi connectivity index (χ1n) is 6.01. The van der Waals surface area contributed by atoms with E-state index in [1.54, 1.807) is 24.5 Å². The van der Waals surface area contributed by atoms with Gasteiger partial charge in [0.05, 0.1) is 17.3 Å². The average molecular weight is 279 g/mol. The zero-order chi connectivity index (χ0) is 13.7. The van der Waals surface area contributed by atoms with Crippen LogP contribution in [0.4, 0.5) is 0 Å². The Morgan fingerprint density at radius 2 is 2.00 bits per heavy atom.